The lowest BCUT2D eigenvalue weighted by Crippen LogP contribution is -2.53. The van der Waals surface area contributed by atoms with Gasteiger partial charge in [0.1, 0.15) is 6.04 Å². The van der Waals surface area contributed by atoms with Gasteiger partial charge in [-0.15, -0.1) is 12.4 Å². The van der Waals surface area contributed by atoms with E-state index in [2.05, 4.69) is 10.6 Å². The zero-order valence-electron chi connectivity index (χ0n) is 12.1. The van der Waals surface area contributed by atoms with E-state index in [4.69, 9.17) is 5.11 Å². The van der Waals surface area contributed by atoms with Gasteiger partial charge in [-0.1, -0.05) is 38.1 Å². The zero-order valence-corrected chi connectivity index (χ0v) is 12.9. The Morgan fingerprint density at radius 2 is 1.90 bits per heavy atom. The first kappa shape index (κ1) is 17.5. The van der Waals surface area contributed by atoms with Gasteiger partial charge in [-0.3, -0.25) is 4.79 Å². The minimum atomic E-state index is -0.996. The Bertz CT molecular complexity index is 519. The molecule has 3 N–H and O–H groups in total. The molecule has 0 radical (unpaired) electrons. The van der Waals surface area contributed by atoms with Crippen LogP contribution in [0.2, 0.25) is 0 Å². The van der Waals surface area contributed by atoms with Crippen LogP contribution in [0, 0.1) is 5.92 Å². The summed E-state index contributed by atoms with van der Waals surface area (Å²) in [6.07, 6.45) is 0.590. The first-order valence-corrected chi connectivity index (χ1v) is 6.82. The minimum absolute atomic E-state index is 0. The maximum atomic E-state index is 12.2. The monoisotopic (exact) mass is 312 g/mol. The molecule has 2 rings (SSSR count). The van der Waals surface area contributed by atoms with Gasteiger partial charge in [0.15, 0.2) is 0 Å². The van der Waals surface area contributed by atoms with Gasteiger partial charge in [-0.05, 0) is 23.5 Å². The number of fused-ring (bicyclic) bond motifs is 1. The van der Waals surface area contributed by atoms with Crippen LogP contribution in [0.1, 0.15) is 25.0 Å². The van der Waals surface area contributed by atoms with Crippen molar-refractivity contribution in [3.05, 3.63) is 35.4 Å². The predicted octanol–water partition coefficient (Wildman–Crippen LogP) is 1.35. The molecular weight excluding hydrogens is 292 g/mol. The van der Waals surface area contributed by atoms with E-state index < -0.39 is 12.0 Å². The highest BCUT2D eigenvalue weighted by Gasteiger charge is 2.29. The second-order valence-corrected chi connectivity index (χ2v) is 5.47. The predicted molar refractivity (Wildman–Crippen MR) is 82.4 cm³/mol. The molecule has 1 aliphatic heterocycles. The molecule has 1 aliphatic rings. The van der Waals surface area contributed by atoms with Crippen molar-refractivity contribution in [1.29, 1.82) is 0 Å². The molecule has 1 amide bonds. The van der Waals surface area contributed by atoms with E-state index >= 15 is 0 Å². The second-order valence-electron chi connectivity index (χ2n) is 5.47. The van der Waals surface area contributed by atoms with E-state index in [1.54, 1.807) is 13.8 Å². The highest BCUT2D eigenvalue weighted by Crippen LogP contribution is 2.16. The molecule has 1 aromatic rings. The number of carbonyl (C=O) groups is 2. The Hall–Kier alpha value is -1.59. The molecule has 6 heteroatoms. The average molecular weight is 313 g/mol. The fraction of sp³-hybridized carbons (Fsp3) is 0.467. The molecule has 0 aromatic heterocycles. The lowest BCUT2D eigenvalue weighted by atomic mass is 9.95. The number of hydrogen-bond donors (Lipinski definition) is 3. The minimum Gasteiger partial charge on any atom is -0.480 e. The smallest absolute Gasteiger partial charge is 0.326 e. The summed E-state index contributed by atoms with van der Waals surface area (Å²) >= 11 is 0. The van der Waals surface area contributed by atoms with Crippen LogP contribution in [0.5, 0.6) is 0 Å². The van der Waals surface area contributed by atoms with Crippen molar-refractivity contribution in [2.75, 3.05) is 0 Å². The summed E-state index contributed by atoms with van der Waals surface area (Å²) in [5, 5.41) is 14.9. The molecule has 0 spiro atoms. The van der Waals surface area contributed by atoms with Crippen LogP contribution >= 0.6 is 12.4 Å². The van der Waals surface area contributed by atoms with Crippen molar-refractivity contribution < 1.29 is 14.7 Å². The molecule has 0 aliphatic carbocycles. The molecule has 116 valence electrons. The Morgan fingerprint density at radius 1 is 1.29 bits per heavy atom. The number of carboxylic acid groups (broad SMARTS) is 1. The molecule has 0 unspecified atom stereocenters. The van der Waals surface area contributed by atoms with Gasteiger partial charge in [-0.25, -0.2) is 4.79 Å². The molecule has 0 fully saturated rings. The first-order chi connectivity index (χ1) is 9.49. The number of hydrogen-bond acceptors (Lipinski definition) is 3. The topological polar surface area (TPSA) is 78.4 Å². The van der Waals surface area contributed by atoms with Crippen LogP contribution in [0.3, 0.4) is 0 Å². The number of halogens is 1. The van der Waals surface area contributed by atoms with Crippen LogP contribution in [-0.4, -0.2) is 29.1 Å². The molecule has 0 saturated heterocycles. The summed E-state index contributed by atoms with van der Waals surface area (Å²) < 4.78 is 0. The maximum Gasteiger partial charge on any atom is 0.326 e. The number of carbonyl (C=O) groups excluding carboxylic acids is 1. The summed E-state index contributed by atoms with van der Waals surface area (Å²) in [5.74, 6) is -1.39. The number of amides is 1. The summed E-state index contributed by atoms with van der Waals surface area (Å²) in [6.45, 7) is 4.19. The first-order valence-electron chi connectivity index (χ1n) is 6.82. The molecular formula is C15H21ClN2O3. The van der Waals surface area contributed by atoms with Crippen LogP contribution in [-0.2, 0) is 22.6 Å². The lowest BCUT2D eigenvalue weighted by Gasteiger charge is -2.27. The van der Waals surface area contributed by atoms with E-state index in [0.717, 1.165) is 5.56 Å². The lowest BCUT2D eigenvalue weighted by molar-refractivity contribution is -0.143. The fourth-order valence-electron chi connectivity index (χ4n) is 2.41. The van der Waals surface area contributed by atoms with Crippen molar-refractivity contribution in [3.63, 3.8) is 0 Å². The van der Waals surface area contributed by atoms with Crippen molar-refractivity contribution in [1.82, 2.24) is 10.6 Å². The van der Waals surface area contributed by atoms with E-state index in [0.29, 0.717) is 13.0 Å². The average Bonchev–Trinajstić information content (AvgIpc) is 2.43. The Labute approximate surface area is 130 Å². The standard InChI is InChI=1S/C15H20N2O3.ClH/c1-9(2)13(15(19)20)17-14(18)12-7-10-5-3-4-6-11(10)8-16-12;/h3-6,9,12-13,16H,7-8H2,1-2H3,(H,17,18)(H,19,20);1H/t12-,13+;/m0./s1. The number of aliphatic carboxylic acids is 1. The molecule has 21 heavy (non-hydrogen) atoms. The van der Waals surface area contributed by atoms with Crippen molar-refractivity contribution in [2.45, 2.75) is 38.9 Å². The number of benzene rings is 1. The summed E-state index contributed by atoms with van der Waals surface area (Å²) in [6, 6.07) is 6.75. The van der Waals surface area contributed by atoms with Crippen LogP contribution in [0.15, 0.2) is 24.3 Å². The Kier molecular flexibility index (Phi) is 6.18. The summed E-state index contributed by atoms with van der Waals surface area (Å²) in [5.41, 5.74) is 2.33. The van der Waals surface area contributed by atoms with Crippen LogP contribution < -0.4 is 10.6 Å². The van der Waals surface area contributed by atoms with Crippen molar-refractivity contribution >= 4 is 24.3 Å². The molecule has 1 heterocycles. The summed E-state index contributed by atoms with van der Waals surface area (Å²) in [7, 11) is 0. The van der Waals surface area contributed by atoms with Crippen molar-refractivity contribution in [3.8, 4) is 0 Å². The molecule has 0 bridgehead atoms. The highest BCUT2D eigenvalue weighted by atomic mass is 35.5. The highest BCUT2D eigenvalue weighted by molar-refractivity contribution is 5.87. The maximum absolute atomic E-state index is 12.2. The van der Waals surface area contributed by atoms with E-state index in [1.165, 1.54) is 5.56 Å². The number of nitrogens with one attached hydrogen (secondary N) is 2. The third-order valence-electron chi connectivity index (χ3n) is 3.63. The molecule has 1 aromatic carbocycles. The molecule has 0 saturated carbocycles. The number of rotatable bonds is 4. The van der Waals surface area contributed by atoms with Gasteiger partial charge >= 0.3 is 5.97 Å². The van der Waals surface area contributed by atoms with Gasteiger partial charge in [0.05, 0.1) is 6.04 Å². The van der Waals surface area contributed by atoms with Gasteiger partial charge in [-0.2, -0.15) is 0 Å². The van der Waals surface area contributed by atoms with Gasteiger partial charge in [0, 0.05) is 6.54 Å². The third kappa shape index (κ3) is 4.19. The van der Waals surface area contributed by atoms with Crippen LogP contribution in [0.25, 0.3) is 0 Å². The normalized spacial score (nSPS) is 18.3. The van der Waals surface area contributed by atoms with Crippen molar-refractivity contribution in [2.24, 2.45) is 5.92 Å². The second kappa shape index (κ2) is 7.43. The fourth-order valence-corrected chi connectivity index (χ4v) is 2.41. The SMILES string of the molecule is CC(C)[C@@H](NC(=O)[C@@H]1Cc2ccccc2CN1)C(=O)O.Cl. The Balaban J connectivity index is 0.00000220. The van der Waals surface area contributed by atoms with Gasteiger partial charge in [0.2, 0.25) is 5.91 Å². The Morgan fingerprint density at radius 3 is 2.48 bits per heavy atom. The zero-order chi connectivity index (χ0) is 14.7. The van der Waals surface area contributed by atoms with E-state index in [-0.39, 0.29) is 30.3 Å². The molecule has 5 nitrogen and oxygen atoms in total. The van der Waals surface area contributed by atoms with Gasteiger partial charge in [0.25, 0.3) is 0 Å². The van der Waals surface area contributed by atoms with E-state index in [9.17, 15) is 9.59 Å². The summed E-state index contributed by atoms with van der Waals surface area (Å²) in [4.78, 5) is 23.3. The molecule has 2 atom stereocenters. The van der Waals surface area contributed by atoms with Crippen LogP contribution in [0.4, 0.5) is 0 Å². The van der Waals surface area contributed by atoms with E-state index in [1.807, 2.05) is 24.3 Å². The third-order valence-corrected chi connectivity index (χ3v) is 3.63. The number of carboxylic acids is 1. The largest absolute Gasteiger partial charge is 0.480 e. The quantitative estimate of drug-likeness (QED) is 0.784. The van der Waals surface area contributed by atoms with Gasteiger partial charge < -0.3 is 15.7 Å².